The van der Waals surface area contributed by atoms with E-state index in [9.17, 15) is 47.7 Å². The third-order valence-corrected chi connectivity index (χ3v) is 23.6. The van der Waals surface area contributed by atoms with Gasteiger partial charge in [-0.3, -0.25) is 24.1 Å². The minimum atomic E-state index is -3.49. The topological polar surface area (TPSA) is 337 Å². The van der Waals surface area contributed by atoms with Gasteiger partial charge in [-0.2, -0.15) is 4.98 Å². The molecule has 12 rings (SSSR count). The van der Waals surface area contributed by atoms with E-state index >= 15 is 4.79 Å². The number of ether oxygens (including phenoxy) is 6. The van der Waals surface area contributed by atoms with E-state index in [1.807, 2.05) is 12.1 Å². The van der Waals surface area contributed by atoms with Crippen molar-refractivity contribution in [3.8, 4) is 5.75 Å². The Balaban J connectivity index is 0.000000225. The lowest BCUT2D eigenvalue weighted by Gasteiger charge is -2.67. The summed E-state index contributed by atoms with van der Waals surface area (Å²) in [5.74, 6) is -5.61. The Morgan fingerprint density at radius 1 is 0.748 bits per heavy atom. The first-order valence-corrected chi connectivity index (χ1v) is 36.2. The maximum Gasteiger partial charge on any atom is 0.338 e. The van der Waals surface area contributed by atoms with Gasteiger partial charge >= 0.3 is 23.9 Å². The molecule has 0 unspecified atom stereocenters. The van der Waals surface area contributed by atoms with Crippen LogP contribution in [0.25, 0.3) is 0 Å². The van der Waals surface area contributed by atoms with Crippen LogP contribution < -0.4 is 25.6 Å². The molecule has 1 aromatic heterocycles. The van der Waals surface area contributed by atoms with Crippen LogP contribution in [0.2, 0.25) is 0 Å². The fourth-order valence-corrected chi connectivity index (χ4v) is 16.8. The molecule has 2 bridgehead atoms. The average molecular weight is 1430 g/mol. The second-order valence-corrected chi connectivity index (χ2v) is 30.7. The number of likely N-dealkylation sites (N-methyl/N-ethyl adjacent to an activating group) is 1. The fraction of sp³-hybridized carbons (Fsp3) is 0.461. The van der Waals surface area contributed by atoms with Crippen LogP contribution >= 0.6 is 0 Å². The van der Waals surface area contributed by atoms with Crippen molar-refractivity contribution < 1.29 is 80.9 Å². The number of benzene rings is 5. The number of hydrogen-bond acceptors (Lipinski definition) is 25. The predicted octanol–water partition coefficient (Wildman–Crippen LogP) is 7.50. The van der Waals surface area contributed by atoms with E-state index in [-0.39, 0.29) is 46.1 Å². The monoisotopic (exact) mass is 1430 g/mol. The number of anilines is 5. The molecule has 2 saturated carbocycles. The first-order valence-electron chi connectivity index (χ1n) is 34.6. The Labute approximate surface area is 599 Å². The Bertz CT molecular complexity index is 4250. The molecular weight excluding hydrogens is 1340 g/mol. The minimum absolute atomic E-state index is 0.00289. The summed E-state index contributed by atoms with van der Waals surface area (Å²) in [6, 6.07) is 36.5. The van der Waals surface area contributed by atoms with E-state index in [0.717, 1.165) is 77.3 Å². The molecule has 1 amide bonds. The molecule has 5 fully saturated rings. The summed E-state index contributed by atoms with van der Waals surface area (Å²) in [5, 5.41) is 45.9. The van der Waals surface area contributed by atoms with E-state index in [1.54, 1.807) is 138 Å². The molecule has 6 N–H and O–H groups in total. The van der Waals surface area contributed by atoms with Crippen molar-refractivity contribution in [3.63, 3.8) is 0 Å². The molecule has 0 spiro atoms. The molecule has 5 aromatic carbocycles. The second kappa shape index (κ2) is 30.6. The normalized spacial score (nSPS) is 26.2. The van der Waals surface area contributed by atoms with Crippen LogP contribution in [-0.4, -0.2) is 203 Å². The van der Waals surface area contributed by atoms with E-state index in [0.29, 0.717) is 29.0 Å². The molecule has 6 aliphatic rings. The number of nitrogens with zero attached hydrogens (tertiary/aromatic N) is 6. The molecule has 3 aliphatic heterocycles. The first-order chi connectivity index (χ1) is 49.0. The maximum atomic E-state index is 15.5. The molecule has 6 aromatic rings. The molecule has 3 aliphatic carbocycles. The van der Waals surface area contributed by atoms with Gasteiger partial charge in [0.05, 0.1) is 64.3 Å². The van der Waals surface area contributed by atoms with Gasteiger partial charge < -0.3 is 69.5 Å². The molecule has 548 valence electrons. The van der Waals surface area contributed by atoms with Gasteiger partial charge in [0.2, 0.25) is 11.9 Å². The summed E-state index contributed by atoms with van der Waals surface area (Å²) in [4.78, 5) is 104. The number of sulfone groups is 1. The highest BCUT2D eigenvalue weighted by Crippen LogP contribution is 2.64. The van der Waals surface area contributed by atoms with Crippen LogP contribution in [-0.2, 0) is 52.7 Å². The zero-order chi connectivity index (χ0) is 73.9. The van der Waals surface area contributed by atoms with Gasteiger partial charge in [-0.25, -0.2) is 28.0 Å². The lowest BCUT2D eigenvalue weighted by Crippen LogP contribution is -2.82. The smallest absolute Gasteiger partial charge is 0.338 e. The van der Waals surface area contributed by atoms with Crippen molar-refractivity contribution in [1.82, 2.24) is 30.1 Å². The SMILES string of the molecule is CC(=O)O[C@H]1C(=O)[C@@]2(C)[C@H]([C@H](OC(=O)c3ccccc3)[C@]3(O)C[C@H](OC(=O)[C@H](O)[C@@H](NC(=O)c4ccccc4)c4ccccc4)C(C)=C1C3(C)C)[C@]1(OC(C)=O)CO[C@@H]1C[C@@H]2O.COc1cc(N2CCC(N3CCN(C)CC3)CC2)ccc1Nc1ncnc(Nc2ccccc2S(=O)(=O)C(C)C)n1. The third-order valence-electron chi connectivity index (χ3n) is 21.4. The van der Waals surface area contributed by atoms with E-state index in [2.05, 4.69) is 58.7 Å². The van der Waals surface area contributed by atoms with Gasteiger partial charge in [0.1, 0.15) is 36.0 Å². The number of hydrogen-bond donors (Lipinski definition) is 6. The van der Waals surface area contributed by atoms with E-state index in [4.69, 9.17) is 28.4 Å². The number of nitrogens with one attached hydrogen (secondary N) is 3. The number of Topliss-reactive ketones (excluding diaryl/α,β-unsaturated/α-hetero) is 1. The van der Waals surface area contributed by atoms with Gasteiger partial charge in [0, 0.05) is 94.7 Å². The molecule has 3 saturated heterocycles. The summed E-state index contributed by atoms with van der Waals surface area (Å²) in [5.41, 5.74) is -4.75. The number of aliphatic hydroxyl groups excluding tert-OH is 2. The number of para-hydroxylation sites is 1. The maximum absolute atomic E-state index is 15.5. The highest BCUT2D eigenvalue weighted by molar-refractivity contribution is 7.92. The van der Waals surface area contributed by atoms with Gasteiger partial charge in [-0.1, -0.05) is 92.7 Å². The van der Waals surface area contributed by atoms with Crippen molar-refractivity contribution in [2.75, 3.05) is 75.6 Å². The van der Waals surface area contributed by atoms with Gasteiger partial charge in [0.25, 0.3) is 5.91 Å². The van der Waals surface area contributed by atoms with Crippen molar-refractivity contribution in [1.29, 1.82) is 0 Å². The summed E-state index contributed by atoms with van der Waals surface area (Å²) in [6.07, 6.45) is -6.81. The average Bonchev–Trinajstić information content (AvgIpc) is 0.668. The quantitative estimate of drug-likeness (QED) is 0.0260. The van der Waals surface area contributed by atoms with Crippen molar-refractivity contribution in [3.05, 3.63) is 168 Å². The molecule has 103 heavy (non-hydrogen) atoms. The molecule has 0 radical (unpaired) electrons. The van der Waals surface area contributed by atoms with Crippen LogP contribution in [0.5, 0.6) is 5.75 Å². The molecular formula is C76H91N9O17S. The minimum Gasteiger partial charge on any atom is -0.494 e. The van der Waals surface area contributed by atoms with Crippen LogP contribution in [0.3, 0.4) is 0 Å². The summed E-state index contributed by atoms with van der Waals surface area (Å²) < 4.78 is 61.7. The number of methoxy groups -OCH3 is 1. The van der Waals surface area contributed by atoms with Crippen LogP contribution in [0.4, 0.5) is 29.0 Å². The van der Waals surface area contributed by atoms with Crippen LogP contribution in [0.1, 0.15) is 113 Å². The first kappa shape index (κ1) is 75.0. The second-order valence-electron chi connectivity index (χ2n) is 28.3. The number of esters is 4. The van der Waals surface area contributed by atoms with Crippen molar-refractivity contribution in [2.24, 2.45) is 16.7 Å². The number of aromatic nitrogens is 3. The number of amides is 1. The fourth-order valence-electron chi connectivity index (χ4n) is 15.6. The largest absolute Gasteiger partial charge is 0.494 e. The van der Waals surface area contributed by atoms with Crippen LogP contribution in [0.15, 0.2) is 156 Å². The number of carbonyl (C=O) groups is 6. The Morgan fingerprint density at radius 2 is 1.35 bits per heavy atom. The van der Waals surface area contributed by atoms with E-state index < -0.39 is 128 Å². The van der Waals surface area contributed by atoms with Gasteiger partial charge in [-0.05, 0) is 113 Å². The number of carbonyl (C=O) groups excluding carboxylic acids is 6. The van der Waals surface area contributed by atoms with Gasteiger partial charge in [0.15, 0.2) is 33.4 Å². The summed E-state index contributed by atoms with van der Waals surface area (Å²) in [6.45, 7) is 17.9. The van der Waals surface area contributed by atoms with Crippen molar-refractivity contribution >= 4 is 74.4 Å². The zero-order valence-corrected chi connectivity index (χ0v) is 60.3. The number of fused-ring (bicyclic) bond motifs is 5. The number of ketones is 1. The Kier molecular flexibility index (Phi) is 22.3. The third kappa shape index (κ3) is 15.0. The van der Waals surface area contributed by atoms with E-state index in [1.165, 1.54) is 32.3 Å². The van der Waals surface area contributed by atoms with Crippen LogP contribution in [0, 0.1) is 16.7 Å². The summed E-state index contributed by atoms with van der Waals surface area (Å²) in [7, 11) is 0.355. The lowest BCUT2D eigenvalue weighted by atomic mass is 9.44. The summed E-state index contributed by atoms with van der Waals surface area (Å²) >= 11 is 0. The zero-order valence-electron chi connectivity index (χ0n) is 59.5. The number of piperazine rings is 1. The number of piperidine rings is 1. The predicted molar refractivity (Wildman–Crippen MR) is 380 cm³/mol. The highest BCUT2D eigenvalue weighted by Gasteiger charge is 2.78. The van der Waals surface area contributed by atoms with Gasteiger partial charge in [-0.15, -0.1) is 0 Å². The standard InChI is InChI=1S/C47H51NO14.C29H40N8O3S/c1-25-31(60-43(56)36(52)35(28-16-10-7-11-17-28)48-41(54)29-18-12-8-13-19-29)23-47(57)40(61-42(55)30-20-14-9-15-21-30)38-45(6,32(51)22-33-46(38,24-58-33)62-27(3)50)39(53)37(59-26(2)49)34(25)44(47,4)5;1-21(2)41(38,39)27-8-6-5-7-25(27)33-29-31-20-30-28(34-29)32-24-10-9-23(19-26(24)40-4)36-13-11-22(12-14-36)37-17-15-35(3)16-18-37/h7-21,31-33,35-38,40,51-52,57H,22-24H2,1-6H3,(H,48,54);5-10,19-22H,11-18H2,1-4H3,(H2,30,31,32,33,34)/t31-,32-,33+,35-,36+,37+,38-,40-,45+,46-,47+;/m0./s1. The Morgan fingerprint density at radius 3 is 1.94 bits per heavy atom. The Hall–Kier alpha value is -9.22. The lowest BCUT2D eigenvalue weighted by molar-refractivity contribution is -0.346. The highest BCUT2D eigenvalue weighted by atomic mass is 32.2. The number of rotatable bonds is 19. The molecule has 26 nitrogen and oxygen atoms in total. The van der Waals surface area contributed by atoms with Crippen molar-refractivity contribution in [2.45, 2.75) is 151 Å². The molecule has 4 heterocycles. The molecule has 27 heteroatoms. The number of aliphatic hydroxyl groups is 3. The molecule has 11 atom stereocenters.